The lowest BCUT2D eigenvalue weighted by Gasteiger charge is -2.08. The molecule has 0 aromatic heterocycles. The highest BCUT2D eigenvalue weighted by Gasteiger charge is 2.07. The van der Waals surface area contributed by atoms with Gasteiger partial charge in [0.1, 0.15) is 0 Å². The van der Waals surface area contributed by atoms with Gasteiger partial charge in [0.2, 0.25) is 0 Å². The first-order chi connectivity index (χ1) is 9.00. The molecule has 108 valence electrons. The molecule has 0 bridgehead atoms. The third kappa shape index (κ3) is 6.35. The number of unbranched alkanes of at least 4 members (excludes halogenated alkanes) is 2. The minimum atomic E-state index is -0.883. The van der Waals surface area contributed by atoms with Gasteiger partial charge in [-0.25, -0.2) is 8.78 Å². The van der Waals surface area contributed by atoms with Crippen molar-refractivity contribution in [3.05, 3.63) is 34.4 Å². The van der Waals surface area contributed by atoms with Crippen LogP contribution in [0, 0.1) is 17.6 Å². The summed E-state index contributed by atoms with van der Waals surface area (Å²) in [5.41, 5.74) is 0.690. The third-order valence-corrected chi connectivity index (χ3v) is 3.29. The number of halogens is 3. The quantitative estimate of drug-likeness (QED) is 0.546. The first kappa shape index (κ1) is 16.4. The Bertz CT molecular complexity index is 394. The van der Waals surface area contributed by atoms with E-state index in [-0.39, 0.29) is 0 Å². The van der Waals surface area contributed by atoms with Crippen LogP contribution in [0.15, 0.2) is 12.1 Å². The number of nitrogens with one attached hydrogen (secondary N) is 1. The number of aryl methyl sites for hydroxylation is 1. The van der Waals surface area contributed by atoms with E-state index in [4.69, 9.17) is 11.6 Å². The number of hydrogen-bond donors (Lipinski definition) is 1. The highest BCUT2D eigenvalue weighted by Crippen LogP contribution is 2.21. The van der Waals surface area contributed by atoms with Crippen molar-refractivity contribution in [1.82, 2.24) is 5.32 Å². The van der Waals surface area contributed by atoms with Crippen LogP contribution in [-0.4, -0.2) is 13.1 Å². The largest absolute Gasteiger partial charge is 0.316 e. The normalized spacial score (nSPS) is 11.3. The van der Waals surface area contributed by atoms with E-state index in [0.29, 0.717) is 22.9 Å². The van der Waals surface area contributed by atoms with Gasteiger partial charge in [-0.3, -0.25) is 0 Å². The summed E-state index contributed by atoms with van der Waals surface area (Å²) < 4.78 is 26.0. The fraction of sp³-hybridized carbons (Fsp3) is 0.600. The third-order valence-electron chi connectivity index (χ3n) is 2.94. The lowest BCUT2D eigenvalue weighted by Crippen LogP contribution is -2.20. The van der Waals surface area contributed by atoms with Crippen molar-refractivity contribution in [1.29, 1.82) is 0 Å². The van der Waals surface area contributed by atoms with Crippen LogP contribution in [0.4, 0.5) is 8.78 Å². The SMILES string of the molecule is CC(C)CNCCCCCc1cc(F)c(F)cc1Cl. The summed E-state index contributed by atoms with van der Waals surface area (Å²) in [7, 11) is 0. The average molecular weight is 290 g/mol. The van der Waals surface area contributed by atoms with Gasteiger partial charge in [0, 0.05) is 5.02 Å². The van der Waals surface area contributed by atoms with Gasteiger partial charge in [0.25, 0.3) is 0 Å². The molecule has 0 unspecified atom stereocenters. The predicted molar refractivity (Wildman–Crippen MR) is 76.6 cm³/mol. The van der Waals surface area contributed by atoms with Crippen LogP contribution in [0.3, 0.4) is 0 Å². The van der Waals surface area contributed by atoms with E-state index in [1.807, 2.05) is 0 Å². The molecule has 0 saturated carbocycles. The minimum absolute atomic E-state index is 0.317. The molecule has 0 amide bonds. The second kappa shape index (κ2) is 8.49. The van der Waals surface area contributed by atoms with E-state index in [0.717, 1.165) is 38.4 Å². The van der Waals surface area contributed by atoms with Crippen LogP contribution >= 0.6 is 11.6 Å². The molecule has 0 aliphatic rings. The summed E-state index contributed by atoms with van der Waals surface area (Å²) in [5, 5.41) is 3.69. The van der Waals surface area contributed by atoms with E-state index in [1.165, 1.54) is 6.07 Å². The maximum absolute atomic E-state index is 13.1. The van der Waals surface area contributed by atoms with Crippen molar-refractivity contribution in [2.75, 3.05) is 13.1 Å². The second-order valence-electron chi connectivity index (χ2n) is 5.27. The standard InChI is InChI=1S/C15H22ClF2N/c1-11(2)10-19-7-5-3-4-6-12-8-14(17)15(18)9-13(12)16/h8-9,11,19H,3-7,10H2,1-2H3. The lowest BCUT2D eigenvalue weighted by atomic mass is 10.1. The molecule has 4 heteroatoms. The zero-order valence-electron chi connectivity index (χ0n) is 11.6. The fourth-order valence-corrected chi connectivity index (χ4v) is 2.13. The van der Waals surface area contributed by atoms with Crippen molar-refractivity contribution >= 4 is 11.6 Å². The number of rotatable bonds is 8. The molecule has 0 radical (unpaired) electrons. The van der Waals surface area contributed by atoms with Crippen LogP contribution in [0.2, 0.25) is 5.02 Å². The predicted octanol–water partition coefficient (Wildman–Crippen LogP) is 4.58. The number of benzene rings is 1. The van der Waals surface area contributed by atoms with Gasteiger partial charge in [-0.05, 0) is 56.0 Å². The lowest BCUT2D eigenvalue weighted by molar-refractivity contribution is 0.506. The molecule has 1 N–H and O–H groups in total. The first-order valence-corrected chi connectivity index (χ1v) is 7.22. The average Bonchev–Trinajstić information content (AvgIpc) is 2.33. The van der Waals surface area contributed by atoms with Crippen molar-refractivity contribution < 1.29 is 8.78 Å². The summed E-state index contributed by atoms with van der Waals surface area (Å²) in [6.07, 6.45) is 3.78. The van der Waals surface area contributed by atoms with Crippen LogP contribution in [0.25, 0.3) is 0 Å². The summed E-state index contributed by atoms with van der Waals surface area (Å²) in [6, 6.07) is 2.26. The Balaban J connectivity index is 2.21. The Morgan fingerprint density at radius 3 is 2.47 bits per heavy atom. The fourth-order valence-electron chi connectivity index (χ4n) is 1.89. The van der Waals surface area contributed by atoms with Crippen molar-refractivity contribution in [2.45, 2.75) is 39.5 Å². The Morgan fingerprint density at radius 2 is 1.79 bits per heavy atom. The van der Waals surface area contributed by atoms with Crippen LogP contribution < -0.4 is 5.32 Å². The van der Waals surface area contributed by atoms with Gasteiger partial charge in [-0.1, -0.05) is 31.9 Å². The van der Waals surface area contributed by atoms with Gasteiger partial charge >= 0.3 is 0 Å². The second-order valence-corrected chi connectivity index (χ2v) is 5.67. The van der Waals surface area contributed by atoms with E-state index < -0.39 is 11.6 Å². The highest BCUT2D eigenvalue weighted by molar-refractivity contribution is 6.31. The van der Waals surface area contributed by atoms with E-state index in [1.54, 1.807) is 0 Å². The molecule has 1 rings (SSSR count). The molecule has 1 aromatic carbocycles. The van der Waals surface area contributed by atoms with Crippen LogP contribution in [0.5, 0.6) is 0 Å². The molecule has 19 heavy (non-hydrogen) atoms. The highest BCUT2D eigenvalue weighted by atomic mass is 35.5. The van der Waals surface area contributed by atoms with E-state index >= 15 is 0 Å². The van der Waals surface area contributed by atoms with E-state index in [2.05, 4.69) is 19.2 Å². The summed E-state index contributed by atoms with van der Waals surface area (Å²) in [5.74, 6) is -1.04. The molecular formula is C15H22ClF2N. The summed E-state index contributed by atoms with van der Waals surface area (Å²) in [4.78, 5) is 0. The summed E-state index contributed by atoms with van der Waals surface area (Å²) in [6.45, 7) is 6.40. The maximum atomic E-state index is 13.1. The molecule has 0 heterocycles. The first-order valence-electron chi connectivity index (χ1n) is 6.85. The zero-order chi connectivity index (χ0) is 14.3. The monoisotopic (exact) mass is 289 g/mol. The Kier molecular flexibility index (Phi) is 7.32. The Morgan fingerprint density at radius 1 is 1.11 bits per heavy atom. The number of hydrogen-bond acceptors (Lipinski definition) is 1. The minimum Gasteiger partial charge on any atom is -0.316 e. The molecule has 0 aliphatic carbocycles. The molecule has 0 saturated heterocycles. The molecule has 0 aliphatic heterocycles. The Hall–Kier alpha value is -0.670. The molecule has 0 fully saturated rings. The smallest absolute Gasteiger partial charge is 0.160 e. The van der Waals surface area contributed by atoms with Gasteiger partial charge in [-0.2, -0.15) is 0 Å². The van der Waals surface area contributed by atoms with Gasteiger partial charge in [0.15, 0.2) is 11.6 Å². The van der Waals surface area contributed by atoms with Gasteiger partial charge < -0.3 is 5.32 Å². The van der Waals surface area contributed by atoms with Crippen molar-refractivity contribution in [3.8, 4) is 0 Å². The molecule has 0 spiro atoms. The van der Waals surface area contributed by atoms with Gasteiger partial charge in [-0.15, -0.1) is 0 Å². The van der Waals surface area contributed by atoms with E-state index in [9.17, 15) is 8.78 Å². The van der Waals surface area contributed by atoms with Crippen molar-refractivity contribution in [3.63, 3.8) is 0 Å². The van der Waals surface area contributed by atoms with Crippen LogP contribution in [0.1, 0.15) is 38.7 Å². The molecule has 0 atom stereocenters. The topological polar surface area (TPSA) is 12.0 Å². The van der Waals surface area contributed by atoms with Crippen molar-refractivity contribution in [2.24, 2.45) is 5.92 Å². The Labute approximate surface area is 119 Å². The molecule has 1 aromatic rings. The van der Waals surface area contributed by atoms with Gasteiger partial charge in [0.05, 0.1) is 0 Å². The molecular weight excluding hydrogens is 268 g/mol. The summed E-state index contributed by atoms with van der Waals surface area (Å²) >= 11 is 5.88. The maximum Gasteiger partial charge on any atom is 0.160 e. The zero-order valence-corrected chi connectivity index (χ0v) is 12.4. The van der Waals surface area contributed by atoms with Crippen LogP contribution in [-0.2, 0) is 6.42 Å². The molecule has 1 nitrogen and oxygen atoms in total.